The Kier molecular flexibility index (Phi) is 4.86. The molecule has 0 aliphatic carbocycles. The highest BCUT2D eigenvalue weighted by Crippen LogP contribution is 2.62. The number of benzene rings is 3. The molecule has 6 heteroatoms. The van der Waals surface area contributed by atoms with Gasteiger partial charge in [-0.25, -0.2) is 4.90 Å². The third kappa shape index (κ3) is 3.05. The van der Waals surface area contributed by atoms with Crippen LogP contribution in [-0.4, -0.2) is 23.0 Å². The van der Waals surface area contributed by atoms with E-state index in [9.17, 15) is 14.9 Å². The Labute approximate surface area is 209 Å². The number of carbonyl (C=O) groups excluding carboxylic acids is 2. The van der Waals surface area contributed by atoms with Crippen LogP contribution in [0.5, 0.6) is 0 Å². The number of fused-ring (bicyclic) bond motifs is 6. The van der Waals surface area contributed by atoms with Crippen LogP contribution in [0.15, 0.2) is 66.7 Å². The third-order valence-corrected chi connectivity index (χ3v) is 8.09. The van der Waals surface area contributed by atoms with Gasteiger partial charge in [-0.1, -0.05) is 48.6 Å². The van der Waals surface area contributed by atoms with Gasteiger partial charge in [0.2, 0.25) is 11.8 Å². The molecule has 0 saturated carbocycles. The monoisotopic (exact) mass is 473 g/mol. The van der Waals surface area contributed by atoms with Crippen molar-refractivity contribution in [2.75, 3.05) is 4.90 Å². The summed E-state index contributed by atoms with van der Waals surface area (Å²) in [4.78, 5) is 29.1. The molecule has 3 fully saturated rings. The number of ether oxygens (including phenoxy) is 1. The minimum Gasteiger partial charge on any atom is -0.367 e. The van der Waals surface area contributed by atoms with E-state index in [1.54, 1.807) is 24.3 Å². The van der Waals surface area contributed by atoms with Gasteiger partial charge in [0.15, 0.2) is 0 Å². The van der Waals surface area contributed by atoms with Gasteiger partial charge in [-0.2, -0.15) is 10.5 Å². The Morgan fingerprint density at radius 2 is 1.67 bits per heavy atom. The van der Waals surface area contributed by atoms with E-state index in [1.165, 1.54) is 4.90 Å². The fraction of sp³-hybridized carbons (Fsp3) is 0.267. The normalized spacial score (nSPS) is 28.6. The van der Waals surface area contributed by atoms with Crippen molar-refractivity contribution < 1.29 is 14.3 Å². The Morgan fingerprint density at radius 1 is 0.944 bits per heavy atom. The van der Waals surface area contributed by atoms with Crippen molar-refractivity contribution in [3.05, 3.63) is 83.4 Å². The molecule has 4 unspecified atom stereocenters. The van der Waals surface area contributed by atoms with Gasteiger partial charge in [-0.15, -0.1) is 0 Å². The number of imide groups is 1. The molecule has 0 radical (unpaired) electrons. The summed E-state index contributed by atoms with van der Waals surface area (Å²) in [6.45, 7) is 1.95. The topological polar surface area (TPSA) is 94.2 Å². The number of nitrogens with zero attached hydrogens (tertiary/aromatic N) is 3. The standard InChI is InChI=1S/C30H23N3O3/c1-29-15-16-30(36-29,14-4-5-19-8-10-20(17-31)11-9-19)26-25(29)27(34)33(28(26)35)24-13-12-21(18-32)22-6-2-3-7-23(22)24/h2-13,25-26H,14-16H2,1H3. The highest BCUT2D eigenvalue weighted by atomic mass is 16.5. The lowest BCUT2D eigenvalue weighted by Crippen LogP contribution is -2.41. The van der Waals surface area contributed by atoms with Crippen molar-refractivity contribution >= 4 is 34.4 Å². The molecule has 2 bridgehead atoms. The molecule has 36 heavy (non-hydrogen) atoms. The maximum absolute atomic E-state index is 13.9. The first-order valence-electron chi connectivity index (χ1n) is 12.1. The van der Waals surface area contributed by atoms with E-state index in [0.717, 1.165) is 17.4 Å². The highest BCUT2D eigenvalue weighted by molar-refractivity contribution is 6.26. The van der Waals surface area contributed by atoms with Crippen LogP contribution >= 0.6 is 0 Å². The zero-order valence-electron chi connectivity index (χ0n) is 19.8. The second kappa shape index (κ2) is 7.88. The maximum Gasteiger partial charge on any atom is 0.240 e. The average Bonchev–Trinajstić information content (AvgIpc) is 3.48. The van der Waals surface area contributed by atoms with Gasteiger partial charge in [-0.3, -0.25) is 9.59 Å². The number of carbonyl (C=O) groups is 2. The molecular formula is C30H23N3O3. The van der Waals surface area contributed by atoms with E-state index in [0.29, 0.717) is 35.0 Å². The van der Waals surface area contributed by atoms with Crippen LogP contribution in [0.2, 0.25) is 0 Å². The molecule has 3 saturated heterocycles. The highest BCUT2D eigenvalue weighted by Gasteiger charge is 2.73. The molecule has 3 aromatic rings. The number of nitriles is 2. The van der Waals surface area contributed by atoms with Crippen LogP contribution in [0.25, 0.3) is 16.8 Å². The van der Waals surface area contributed by atoms with Gasteiger partial charge in [0.05, 0.1) is 52.0 Å². The van der Waals surface area contributed by atoms with Gasteiger partial charge >= 0.3 is 0 Å². The summed E-state index contributed by atoms with van der Waals surface area (Å²) in [7, 11) is 0. The Hall–Kier alpha value is -4.26. The van der Waals surface area contributed by atoms with Crippen molar-refractivity contribution in [1.82, 2.24) is 0 Å². The zero-order chi connectivity index (χ0) is 25.1. The maximum atomic E-state index is 13.9. The smallest absolute Gasteiger partial charge is 0.240 e. The first-order chi connectivity index (χ1) is 17.4. The van der Waals surface area contributed by atoms with Crippen molar-refractivity contribution in [2.24, 2.45) is 11.8 Å². The van der Waals surface area contributed by atoms with Crippen molar-refractivity contribution in [2.45, 2.75) is 37.4 Å². The number of hydrogen-bond acceptors (Lipinski definition) is 5. The van der Waals surface area contributed by atoms with Gasteiger partial charge in [0, 0.05) is 10.8 Å². The second-order valence-corrected chi connectivity index (χ2v) is 10.1. The van der Waals surface area contributed by atoms with Crippen LogP contribution in [0.1, 0.15) is 42.9 Å². The molecule has 6 nitrogen and oxygen atoms in total. The van der Waals surface area contributed by atoms with E-state index >= 15 is 0 Å². The summed E-state index contributed by atoms with van der Waals surface area (Å²) in [6, 6.07) is 22.4. The second-order valence-electron chi connectivity index (χ2n) is 10.1. The lowest BCUT2D eigenvalue weighted by molar-refractivity contribution is -0.130. The van der Waals surface area contributed by atoms with E-state index in [2.05, 4.69) is 12.1 Å². The number of amides is 2. The third-order valence-electron chi connectivity index (χ3n) is 8.09. The lowest BCUT2D eigenvalue weighted by atomic mass is 9.67. The summed E-state index contributed by atoms with van der Waals surface area (Å²) < 4.78 is 6.53. The lowest BCUT2D eigenvalue weighted by Gasteiger charge is -2.30. The first kappa shape index (κ1) is 22.2. The molecule has 4 atom stereocenters. The predicted molar refractivity (Wildman–Crippen MR) is 134 cm³/mol. The largest absolute Gasteiger partial charge is 0.367 e. The summed E-state index contributed by atoms with van der Waals surface area (Å²) in [5.41, 5.74) is 1.18. The fourth-order valence-corrected chi connectivity index (χ4v) is 6.43. The molecule has 2 amide bonds. The molecule has 0 spiro atoms. The number of anilines is 1. The first-order valence-corrected chi connectivity index (χ1v) is 12.1. The average molecular weight is 474 g/mol. The van der Waals surface area contributed by atoms with Crippen molar-refractivity contribution in [3.8, 4) is 12.1 Å². The van der Waals surface area contributed by atoms with Crippen LogP contribution in [0, 0.1) is 34.5 Å². The molecule has 0 aromatic heterocycles. The van der Waals surface area contributed by atoms with Crippen molar-refractivity contribution in [1.29, 1.82) is 10.5 Å². The van der Waals surface area contributed by atoms with E-state index in [-0.39, 0.29) is 11.8 Å². The molecule has 3 aliphatic rings. The molecule has 3 aromatic carbocycles. The van der Waals surface area contributed by atoms with E-state index in [1.807, 2.05) is 55.5 Å². The molecule has 3 aliphatic heterocycles. The molecular weight excluding hydrogens is 450 g/mol. The zero-order valence-corrected chi connectivity index (χ0v) is 19.8. The number of hydrogen-bond donors (Lipinski definition) is 0. The Morgan fingerprint density at radius 3 is 2.39 bits per heavy atom. The van der Waals surface area contributed by atoms with Crippen LogP contribution in [0.3, 0.4) is 0 Å². The SMILES string of the molecule is CC12CCC(CC=Cc3ccc(C#N)cc3)(O1)C1C(=O)N(c3ccc(C#N)c4ccccc34)C(=O)C12. The minimum absolute atomic E-state index is 0.222. The van der Waals surface area contributed by atoms with Crippen LogP contribution < -0.4 is 4.90 Å². The van der Waals surface area contributed by atoms with E-state index < -0.39 is 23.0 Å². The Bertz CT molecular complexity index is 1540. The molecule has 6 rings (SSSR count). The van der Waals surface area contributed by atoms with Gasteiger partial charge in [0.25, 0.3) is 0 Å². The summed E-state index contributed by atoms with van der Waals surface area (Å²) in [5, 5.41) is 20.0. The predicted octanol–water partition coefficient (Wildman–Crippen LogP) is 5.11. The quantitative estimate of drug-likeness (QED) is 0.491. The summed E-state index contributed by atoms with van der Waals surface area (Å²) in [6.07, 6.45) is 5.93. The van der Waals surface area contributed by atoms with Gasteiger partial charge < -0.3 is 4.74 Å². The molecule has 176 valence electrons. The van der Waals surface area contributed by atoms with Gasteiger partial charge in [-0.05, 0) is 56.0 Å². The minimum atomic E-state index is -0.730. The number of rotatable bonds is 4. The fourth-order valence-electron chi connectivity index (χ4n) is 6.43. The van der Waals surface area contributed by atoms with Crippen LogP contribution in [-0.2, 0) is 14.3 Å². The molecule has 0 N–H and O–H groups in total. The summed E-state index contributed by atoms with van der Waals surface area (Å²) >= 11 is 0. The van der Waals surface area contributed by atoms with E-state index in [4.69, 9.17) is 10.00 Å². The van der Waals surface area contributed by atoms with Crippen molar-refractivity contribution in [3.63, 3.8) is 0 Å². The summed E-state index contributed by atoms with van der Waals surface area (Å²) in [5.74, 6) is -1.53. The van der Waals surface area contributed by atoms with Crippen LogP contribution in [0.4, 0.5) is 5.69 Å². The Balaban J connectivity index is 1.36. The van der Waals surface area contributed by atoms with Gasteiger partial charge in [0.1, 0.15) is 0 Å². The molecule has 3 heterocycles.